The largest absolute Gasteiger partial charge is 0.489 e. The molecule has 2 aromatic carbocycles. The van der Waals surface area contributed by atoms with Crippen LogP contribution in [0.4, 0.5) is 0 Å². The molecule has 0 unspecified atom stereocenters. The van der Waals surface area contributed by atoms with E-state index in [0.29, 0.717) is 18.1 Å². The lowest BCUT2D eigenvalue weighted by Gasteiger charge is -2.24. The molecular weight excluding hydrogens is 364 g/mol. The number of ether oxygens (including phenoxy) is 1. The van der Waals surface area contributed by atoms with Crippen molar-refractivity contribution in [3.8, 4) is 5.75 Å². The minimum absolute atomic E-state index is 0.396. The molecule has 6 nitrogen and oxygen atoms in total. The fourth-order valence-electron chi connectivity index (χ4n) is 3.79. The van der Waals surface area contributed by atoms with Crippen LogP contribution in [0.3, 0.4) is 0 Å². The maximum absolute atomic E-state index is 11.6. The summed E-state index contributed by atoms with van der Waals surface area (Å²) >= 11 is 0. The van der Waals surface area contributed by atoms with Crippen molar-refractivity contribution in [2.45, 2.75) is 32.5 Å². The fourth-order valence-corrected chi connectivity index (χ4v) is 3.79. The number of nitrogens with zero attached hydrogens (tertiary/aromatic N) is 2. The van der Waals surface area contributed by atoms with Gasteiger partial charge >= 0.3 is 0 Å². The second-order valence-electron chi connectivity index (χ2n) is 7.50. The summed E-state index contributed by atoms with van der Waals surface area (Å²) in [5.41, 5.74) is 9.32. The Morgan fingerprint density at radius 1 is 1.17 bits per heavy atom. The standard InChI is InChI=1S/C23H26N4O2/c24-23(28)21-15-26-27-10-9-19(12-22(21)27)14-25-13-18-7-4-8-20(11-18)29-16-17-5-2-1-3-6-17/h1-8,11,15,19,25H,9-10,12-14,16H2,(H2,24,28)/t19-/m1/s1. The summed E-state index contributed by atoms with van der Waals surface area (Å²) in [5.74, 6) is 0.947. The number of hydrogen-bond acceptors (Lipinski definition) is 4. The van der Waals surface area contributed by atoms with Crippen LogP contribution in [-0.2, 0) is 26.1 Å². The van der Waals surface area contributed by atoms with E-state index in [2.05, 4.69) is 34.7 Å². The summed E-state index contributed by atoms with van der Waals surface area (Å²) in [5, 5.41) is 7.81. The van der Waals surface area contributed by atoms with Crippen molar-refractivity contribution in [2.75, 3.05) is 6.54 Å². The van der Waals surface area contributed by atoms with E-state index < -0.39 is 5.91 Å². The van der Waals surface area contributed by atoms with Crippen molar-refractivity contribution < 1.29 is 9.53 Å². The van der Waals surface area contributed by atoms with Gasteiger partial charge in [-0.25, -0.2) is 0 Å². The smallest absolute Gasteiger partial charge is 0.252 e. The van der Waals surface area contributed by atoms with Crippen molar-refractivity contribution >= 4 is 5.91 Å². The van der Waals surface area contributed by atoms with E-state index in [9.17, 15) is 4.79 Å². The number of hydrogen-bond donors (Lipinski definition) is 2. The summed E-state index contributed by atoms with van der Waals surface area (Å²) in [6, 6.07) is 18.4. The molecular formula is C23H26N4O2. The average molecular weight is 390 g/mol. The number of carbonyl (C=O) groups excluding carboxylic acids is 1. The Labute approximate surface area is 170 Å². The van der Waals surface area contributed by atoms with E-state index in [0.717, 1.165) is 49.5 Å². The number of primary amides is 1. The molecule has 150 valence electrons. The van der Waals surface area contributed by atoms with E-state index in [-0.39, 0.29) is 0 Å². The monoisotopic (exact) mass is 390 g/mol. The zero-order chi connectivity index (χ0) is 20.1. The summed E-state index contributed by atoms with van der Waals surface area (Å²) in [7, 11) is 0. The third kappa shape index (κ3) is 4.84. The molecule has 1 aromatic heterocycles. The first-order valence-corrected chi connectivity index (χ1v) is 10.00. The number of benzene rings is 2. The molecule has 2 heterocycles. The van der Waals surface area contributed by atoms with Gasteiger partial charge in [-0.05, 0) is 48.6 Å². The normalized spacial score (nSPS) is 15.7. The molecule has 1 aliphatic rings. The molecule has 3 aromatic rings. The molecule has 4 rings (SSSR count). The minimum atomic E-state index is -0.396. The molecule has 0 saturated heterocycles. The zero-order valence-electron chi connectivity index (χ0n) is 16.4. The highest BCUT2D eigenvalue weighted by Gasteiger charge is 2.24. The lowest BCUT2D eigenvalue weighted by molar-refractivity contribution is 0.0998. The Balaban J connectivity index is 1.27. The fraction of sp³-hybridized carbons (Fsp3) is 0.304. The van der Waals surface area contributed by atoms with Gasteiger partial charge in [-0.3, -0.25) is 9.48 Å². The van der Waals surface area contributed by atoms with Gasteiger partial charge in [-0.1, -0.05) is 42.5 Å². The lowest BCUT2D eigenvalue weighted by atomic mass is 9.94. The van der Waals surface area contributed by atoms with Crippen molar-refractivity contribution in [1.82, 2.24) is 15.1 Å². The highest BCUT2D eigenvalue weighted by atomic mass is 16.5. The van der Waals surface area contributed by atoms with Crippen LogP contribution in [0, 0.1) is 5.92 Å². The van der Waals surface area contributed by atoms with Gasteiger partial charge in [-0.2, -0.15) is 5.10 Å². The molecule has 0 spiro atoms. The molecule has 0 radical (unpaired) electrons. The van der Waals surface area contributed by atoms with Crippen LogP contribution >= 0.6 is 0 Å². The molecule has 0 saturated carbocycles. The molecule has 1 amide bonds. The van der Waals surface area contributed by atoms with Crippen LogP contribution in [0.5, 0.6) is 5.75 Å². The van der Waals surface area contributed by atoms with Gasteiger partial charge in [0.25, 0.3) is 5.91 Å². The number of fused-ring (bicyclic) bond motifs is 1. The molecule has 3 N–H and O–H groups in total. The van der Waals surface area contributed by atoms with Crippen molar-refractivity contribution in [1.29, 1.82) is 0 Å². The first-order chi connectivity index (χ1) is 14.2. The zero-order valence-corrected chi connectivity index (χ0v) is 16.4. The second kappa shape index (κ2) is 8.92. The third-order valence-corrected chi connectivity index (χ3v) is 5.35. The van der Waals surface area contributed by atoms with Gasteiger partial charge in [0.2, 0.25) is 0 Å². The van der Waals surface area contributed by atoms with Crippen molar-refractivity contribution in [3.05, 3.63) is 83.2 Å². The number of nitrogens with one attached hydrogen (secondary N) is 1. The van der Waals surface area contributed by atoms with E-state index in [1.54, 1.807) is 6.20 Å². The van der Waals surface area contributed by atoms with E-state index >= 15 is 0 Å². The Bertz CT molecular complexity index is 968. The maximum Gasteiger partial charge on any atom is 0.252 e. The molecule has 1 aliphatic heterocycles. The number of rotatable bonds is 8. The van der Waals surface area contributed by atoms with Crippen LogP contribution in [0.25, 0.3) is 0 Å². The van der Waals surface area contributed by atoms with Crippen LogP contribution in [0.1, 0.15) is 33.6 Å². The van der Waals surface area contributed by atoms with Crippen LogP contribution < -0.4 is 15.8 Å². The summed E-state index contributed by atoms with van der Waals surface area (Å²) in [6.45, 7) is 3.06. The number of aromatic nitrogens is 2. The summed E-state index contributed by atoms with van der Waals surface area (Å²) in [6.07, 6.45) is 3.46. The van der Waals surface area contributed by atoms with Gasteiger partial charge in [-0.15, -0.1) is 0 Å². The van der Waals surface area contributed by atoms with E-state index in [1.165, 1.54) is 5.56 Å². The van der Waals surface area contributed by atoms with E-state index in [4.69, 9.17) is 10.5 Å². The SMILES string of the molecule is NC(=O)c1cnn2c1C[C@H](CNCc1cccc(OCc3ccccc3)c1)CC2. The predicted octanol–water partition coefficient (Wildman–Crippen LogP) is 2.91. The Morgan fingerprint density at radius 2 is 2.00 bits per heavy atom. The highest BCUT2D eigenvalue weighted by molar-refractivity contribution is 5.93. The Kier molecular flexibility index (Phi) is 5.91. The molecule has 0 aliphatic carbocycles. The summed E-state index contributed by atoms with van der Waals surface area (Å²) in [4.78, 5) is 11.6. The van der Waals surface area contributed by atoms with Crippen LogP contribution in [0.2, 0.25) is 0 Å². The minimum Gasteiger partial charge on any atom is -0.489 e. The first kappa shape index (κ1) is 19.2. The quantitative estimate of drug-likeness (QED) is 0.620. The topological polar surface area (TPSA) is 82.2 Å². The maximum atomic E-state index is 11.6. The van der Waals surface area contributed by atoms with Gasteiger partial charge in [0.05, 0.1) is 17.5 Å². The van der Waals surface area contributed by atoms with Gasteiger partial charge in [0.15, 0.2) is 0 Å². The highest BCUT2D eigenvalue weighted by Crippen LogP contribution is 2.22. The number of nitrogens with two attached hydrogens (primary N) is 1. The van der Waals surface area contributed by atoms with Crippen molar-refractivity contribution in [3.63, 3.8) is 0 Å². The Morgan fingerprint density at radius 3 is 2.83 bits per heavy atom. The number of amides is 1. The summed E-state index contributed by atoms with van der Waals surface area (Å²) < 4.78 is 7.82. The average Bonchev–Trinajstić information content (AvgIpc) is 3.17. The molecule has 0 fully saturated rings. The first-order valence-electron chi connectivity index (χ1n) is 10.00. The number of aryl methyl sites for hydroxylation is 1. The van der Waals surface area contributed by atoms with Crippen LogP contribution in [0.15, 0.2) is 60.8 Å². The van der Waals surface area contributed by atoms with E-state index in [1.807, 2.05) is 35.0 Å². The van der Waals surface area contributed by atoms with Gasteiger partial charge < -0.3 is 15.8 Å². The lowest BCUT2D eigenvalue weighted by Crippen LogP contribution is -2.30. The van der Waals surface area contributed by atoms with Gasteiger partial charge in [0.1, 0.15) is 12.4 Å². The second-order valence-corrected chi connectivity index (χ2v) is 7.50. The third-order valence-electron chi connectivity index (χ3n) is 5.35. The van der Waals surface area contributed by atoms with Crippen LogP contribution in [-0.4, -0.2) is 22.2 Å². The Hall–Kier alpha value is -3.12. The van der Waals surface area contributed by atoms with Crippen molar-refractivity contribution in [2.24, 2.45) is 11.7 Å². The molecule has 6 heteroatoms. The molecule has 1 atom stereocenters. The predicted molar refractivity (Wildman–Crippen MR) is 111 cm³/mol. The molecule has 0 bridgehead atoms. The number of carbonyl (C=O) groups is 1. The molecule has 29 heavy (non-hydrogen) atoms. The van der Waals surface area contributed by atoms with Gasteiger partial charge in [0, 0.05) is 13.1 Å².